The molecule has 0 fully saturated rings. The maximum atomic E-state index is 10.7. The highest BCUT2D eigenvalue weighted by atomic mass is 32.1. The summed E-state index contributed by atoms with van der Waals surface area (Å²) >= 11 is 1.27. The second-order valence-corrected chi connectivity index (χ2v) is 4.32. The fourth-order valence-corrected chi connectivity index (χ4v) is 2.10. The number of nitrogens with one attached hydrogen (secondary N) is 1. The van der Waals surface area contributed by atoms with E-state index in [0.717, 1.165) is 5.69 Å². The van der Waals surface area contributed by atoms with Gasteiger partial charge in [-0.25, -0.2) is 9.78 Å². The van der Waals surface area contributed by atoms with E-state index >= 15 is 0 Å². The van der Waals surface area contributed by atoms with Gasteiger partial charge in [0.05, 0.1) is 11.7 Å². The van der Waals surface area contributed by atoms with Crippen molar-refractivity contribution in [2.24, 2.45) is 0 Å². The molecule has 0 saturated carbocycles. The normalized spacial score (nSPS) is 12.1. The molecule has 0 aliphatic rings. The topological polar surface area (TPSA) is 75.1 Å². The number of carbonyl (C=O) groups is 1. The molecule has 0 bridgehead atoms. The van der Waals surface area contributed by atoms with Gasteiger partial charge in [-0.3, -0.25) is 4.98 Å². The Labute approximate surface area is 102 Å². The van der Waals surface area contributed by atoms with E-state index < -0.39 is 5.97 Å². The van der Waals surface area contributed by atoms with E-state index in [-0.39, 0.29) is 11.7 Å². The number of carboxylic acids is 1. The second-order valence-electron chi connectivity index (χ2n) is 3.46. The van der Waals surface area contributed by atoms with Crippen molar-refractivity contribution in [2.45, 2.75) is 13.0 Å². The molecule has 1 unspecified atom stereocenters. The van der Waals surface area contributed by atoms with Gasteiger partial charge < -0.3 is 10.4 Å². The third kappa shape index (κ3) is 2.79. The molecular formula is C11H11N3O2S. The summed E-state index contributed by atoms with van der Waals surface area (Å²) in [6.07, 6.45) is 1.72. The Hall–Kier alpha value is -1.95. The van der Waals surface area contributed by atoms with Gasteiger partial charge in [-0.05, 0) is 19.1 Å². The lowest BCUT2D eigenvalue weighted by Crippen LogP contribution is -2.08. The van der Waals surface area contributed by atoms with Crippen LogP contribution < -0.4 is 5.32 Å². The third-order valence-corrected chi connectivity index (χ3v) is 2.97. The molecule has 17 heavy (non-hydrogen) atoms. The highest BCUT2D eigenvalue weighted by Gasteiger charge is 2.11. The van der Waals surface area contributed by atoms with Crippen LogP contribution in [0.5, 0.6) is 0 Å². The maximum Gasteiger partial charge on any atom is 0.355 e. The van der Waals surface area contributed by atoms with Gasteiger partial charge in [-0.1, -0.05) is 6.07 Å². The minimum absolute atomic E-state index is 0.0102. The van der Waals surface area contributed by atoms with Gasteiger partial charge in [-0.15, -0.1) is 11.3 Å². The Balaban J connectivity index is 2.08. The van der Waals surface area contributed by atoms with Crippen molar-refractivity contribution in [3.8, 4) is 0 Å². The average molecular weight is 249 g/mol. The van der Waals surface area contributed by atoms with Crippen LogP contribution in [0.25, 0.3) is 0 Å². The van der Waals surface area contributed by atoms with E-state index in [1.807, 2.05) is 25.1 Å². The molecule has 0 spiro atoms. The Morgan fingerprint density at radius 1 is 1.53 bits per heavy atom. The number of hydrogen-bond donors (Lipinski definition) is 2. The number of hydrogen-bond acceptors (Lipinski definition) is 5. The van der Waals surface area contributed by atoms with Gasteiger partial charge in [0.2, 0.25) is 0 Å². The summed E-state index contributed by atoms with van der Waals surface area (Å²) in [7, 11) is 0. The molecule has 2 rings (SSSR count). The lowest BCUT2D eigenvalue weighted by atomic mass is 10.2. The van der Waals surface area contributed by atoms with Crippen LogP contribution in [0.4, 0.5) is 5.13 Å². The quantitative estimate of drug-likeness (QED) is 0.870. The van der Waals surface area contributed by atoms with Crippen molar-refractivity contribution in [1.29, 1.82) is 0 Å². The fourth-order valence-electron chi connectivity index (χ4n) is 1.33. The second kappa shape index (κ2) is 4.92. The number of pyridine rings is 1. The predicted octanol–water partition coefficient (Wildman–Crippen LogP) is 2.41. The molecule has 0 radical (unpaired) electrons. The number of nitrogens with zero attached hydrogens (tertiary/aromatic N) is 2. The standard InChI is InChI=1S/C11H11N3O2S/c1-7(8-4-2-3-5-12-8)13-11-14-9(6-17-11)10(15)16/h2-7H,1H3,(H,13,14)(H,15,16). The zero-order valence-electron chi connectivity index (χ0n) is 9.12. The first kappa shape index (κ1) is 11.5. The van der Waals surface area contributed by atoms with Crippen LogP contribution in [0.2, 0.25) is 0 Å². The van der Waals surface area contributed by atoms with Crippen molar-refractivity contribution in [3.05, 3.63) is 41.2 Å². The lowest BCUT2D eigenvalue weighted by Gasteiger charge is -2.11. The molecular weight excluding hydrogens is 238 g/mol. The van der Waals surface area contributed by atoms with Crippen molar-refractivity contribution < 1.29 is 9.90 Å². The molecule has 0 amide bonds. The number of rotatable bonds is 4. The molecule has 5 nitrogen and oxygen atoms in total. The first-order valence-corrected chi connectivity index (χ1v) is 5.91. The minimum atomic E-state index is -1.01. The first-order valence-electron chi connectivity index (χ1n) is 5.03. The number of aromatic nitrogens is 2. The summed E-state index contributed by atoms with van der Waals surface area (Å²) in [5.74, 6) is -1.01. The number of aromatic carboxylic acids is 1. The van der Waals surface area contributed by atoms with Gasteiger partial charge >= 0.3 is 5.97 Å². The van der Waals surface area contributed by atoms with Crippen LogP contribution in [-0.4, -0.2) is 21.0 Å². The molecule has 88 valence electrons. The molecule has 2 heterocycles. The summed E-state index contributed by atoms with van der Waals surface area (Å²) in [6, 6.07) is 5.65. The molecule has 0 aliphatic carbocycles. The Bertz CT molecular complexity index is 512. The van der Waals surface area contributed by atoms with Crippen LogP contribution in [0.1, 0.15) is 29.1 Å². The van der Waals surface area contributed by atoms with Gasteiger partial charge in [0, 0.05) is 11.6 Å². The van der Waals surface area contributed by atoms with Crippen molar-refractivity contribution in [2.75, 3.05) is 5.32 Å². The largest absolute Gasteiger partial charge is 0.476 e. The summed E-state index contributed by atoms with van der Waals surface area (Å²) < 4.78 is 0. The Kier molecular flexibility index (Phi) is 3.34. The van der Waals surface area contributed by atoms with Crippen molar-refractivity contribution in [3.63, 3.8) is 0 Å². The van der Waals surface area contributed by atoms with Crippen LogP contribution in [0, 0.1) is 0 Å². The van der Waals surface area contributed by atoms with E-state index in [9.17, 15) is 4.79 Å². The molecule has 0 aromatic carbocycles. The van der Waals surface area contributed by atoms with Crippen LogP contribution >= 0.6 is 11.3 Å². The van der Waals surface area contributed by atoms with Gasteiger partial charge in [-0.2, -0.15) is 0 Å². The first-order chi connectivity index (χ1) is 8.16. The zero-order valence-corrected chi connectivity index (χ0v) is 9.94. The molecule has 0 saturated heterocycles. The van der Waals surface area contributed by atoms with Gasteiger partial charge in [0.25, 0.3) is 0 Å². The maximum absolute atomic E-state index is 10.7. The highest BCUT2D eigenvalue weighted by molar-refractivity contribution is 7.13. The molecule has 1 atom stereocenters. The van der Waals surface area contributed by atoms with E-state index in [1.165, 1.54) is 16.7 Å². The third-order valence-electron chi connectivity index (χ3n) is 2.19. The van der Waals surface area contributed by atoms with E-state index in [2.05, 4.69) is 15.3 Å². The minimum Gasteiger partial charge on any atom is -0.476 e. The van der Waals surface area contributed by atoms with E-state index in [1.54, 1.807) is 6.20 Å². The van der Waals surface area contributed by atoms with E-state index in [0.29, 0.717) is 5.13 Å². The van der Waals surface area contributed by atoms with Gasteiger partial charge in [0.15, 0.2) is 10.8 Å². The van der Waals surface area contributed by atoms with Crippen LogP contribution in [0.3, 0.4) is 0 Å². The molecule has 0 aliphatic heterocycles. The van der Waals surface area contributed by atoms with Crippen molar-refractivity contribution in [1.82, 2.24) is 9.97 Å². The summed E-state index contributed by atoms with van der Waals surface area (Å²) in [4.78, 5) is 18.8. The number of thiazole rings is 1. The SMILES string of the molecule is CC(Nc1nc(C(=O)O)cs1)c1ccccn1. The van der Waals surface area contributed by atoms with Crippen molar-refractivity contribution >= 4 is 22.4 Å². The molecule has 6 heteroatoms. The smallest absolute Gasteiger partial charge is 0.355 e. The average Bonchev–Trinajstić information content (AvgIpc) is 2.79. The highest BCUT2D eigenvalue weighted by Crippen LogP contribution is 2.21. The summed E-state index contributed by atoms with van der Waals surface area (Å²) in [5.41, 5.74) is 0.949. The number of anilines is 1. The summed E-state index contributed by atoms with van der Waals surface area (Å²) in [5, 5.41) is 14.0. The molecule has 2 aromatic rings. The lowest BCUT2D eigenvalue weighted by molar-refractivity contribution is 0.0691. The van der Waals surface area contributed by atoms with E-state index in [4.69, 9.17) is 5.11 Å². The fraction of sp³-hybridized carbons (Fsp3) is 0.182. The summed E-state index contributed by atoms with van der Waals surface area (Å²) in [6.45, 7) is 1.95. The molecule has 2 N–H and O–H groups in total. The number of carboxylic acid groups (broad SMARTS) is 1. The Morgan fingerprint density at radius 3 is 2.94 bits per heavy atom. The van der Waals surface area contributed by atoms with Crippen LogP contribution in [-0.2, 0) is 0 Å². The monoisotopic (exact) mass is 249 g/mol. The molecule has 2 aromatic heterocycles. The Morgan fingerprint density at radius 2 is 2.35 bits per heavy atom. The van der Waals surface area contributed by atoms with Gasteiger partial charge in [0.1, 0.15) is 0 Å². The predicted molar refractivity (Wildman–Crippen MR) is 65.3 cm³/mol. The zero-order chi connectivity index (χ0) is 12.3. The van der Waals surface area contributed by atoms with Crippen LogP contribution in [0.15, 0.2) is 29.8 Å².